The third-order valence-electron chi connectivity index (χ3n) is 5.08. The van der Waals surface area contributed by atoms with Gasteiger partial charge in [0.15, 0.2) is 0 Å². The minimum Gasteiger partial charge on any atom is -0.490 e. The van der Waals surface area contributed by atoms with Crippen LogP contribution in [0.15, 0.2) is 47.4 Å². The maximum absolute atomic E-state index is 12.8. The smallest absolute Gasteiger partial charge is 0.261 e. The molecule has 3 rings (SSSR count). The van der Waals surface area contributed by atoms with Crippen molar-refractivity contribution in [3.05, 3.63) is 48.0 Å². The van der Waals surface area contributed by atoms with Crippen LogP contribution in [-0.4, -0.2) is 28.0 Å². The Morgan fingerprint density at radius 2 is 1.69 bits per heavy atom. The maximum Gasteiger partial charge on any atom is 0.261 e. The van der Waals surface area contributed by atoms with Gasteiger partial charge in [0.1, 0.15) is 12.4 Å². The van der Waals surface area contributed by atoms with Crippen molar-refractivity contribution >= 4 is 27.3 Å². The first-order valence-corrected chi connectivity index (χ1v) is 11.0. The van der Waals surface area contributed by atoms with Gasteiger partial charge in [-0.1, -0.05) is 32.9 Å². The Hall–Kier alpha value is -2.54. The lowest BCUT2D eigenvalue weighted by atomic mass is 9.87. The number of nitrogens with one attached hydrogen (secondary N) is 1. The molecule has 7 heteroatoms. The number of benzene rings is 2. The Kier molecular flexibility index (Phi) is 5.15. The van der Waals surface area contributed by atoms with Crippen molar-refractivity contribution in [3.8, 4) is 5.75 Å². The topological polar surface area (TPSA) is 75.7 Å². The van der Waals surface area contributed by atoms with Crippen LogP contribution in [0.5, 0.6) is 5.75 Å². The highest BCUT2D eigenvalue weighted by Crippen LogP contribution is 2.37. The van der Waals surface area contributed by atoms with Crippen molar-refractivity contribution in [3.63, 3.8) is 0 Å². The van der Waals surface area contributed by atoms with Crippen LogP contribution in [0.1, 0.15) is 40.2 Å². The van der Waals surface area contributed by atoms with E-state index in [9.17, 15) is 13.2 Å². The lowest BCUT2D eigenvalue weighted by molar-refractivity contribution is -0.127. The monoisotopic (exact) mass is 416 g/mol. The summed E-state index contributed by atoms with van der Waals surface area (Å²) in [6, 6.07) is 11.8. The molecule has 2 aromatic rings. The molecule has 0 saturated carbocycles. The van der Waals surface area contributed by atoms with Gasteiger partial charge in [-0.3, -0.25) is 9.52 Å². The van der Waals surface area contributed by atoms with Crippen LogP contribution in [0.2, 0.25) is 0 Å². The highest BCUT2D eigenvalue weighted by molar-refractivity contribution is 7.92. The number of rotatable bonds is 3. The van der Waals surface area contributed by atoms with Gasteiger partial charge < -0.3 is 9.64 Å². The lowest BCUT2D eigenvalue weighted by Crippen LogP contribution is -2.39. The molecule has 0 spiro atoms. The van der Waals surface area contributed by atoms with Crippen molar-refractivity contribution in [1.82, 2.24) is 0 Å². The second-order valence-electron chi connectivity index (χ2n) is 9.10. The number of carbonyl (C=O) groups excluding carboxylic acids is 1. The average molecular weight is 417 g/mol. The molecule has 0 bridgehead atoms. The first-order valence-electron chi connectivity index (χ1n) is 9.50. The van der Waals surface area contributed by atoms with E-state index in [2.05, 4.69) is 25.5 Å². The minimum atomic E-state index is -3.74. The van der Waals surface area contributed by atoms with Crippen LogP contribution in [-0.2, 0) is 20.2 Å². The number of amides is 1. The predicted molar refractivity (Wildman–Crippen MR) is 115 cm³/mol. The van der Waals surface area contributed by atoms with E-state index < -0.39 is 15.4 Å². The summed E-state index contributed by atoms with van der Waals surface area (Å²) in [5, 5.41) is 0. The van der Waals surface area contributed by atoms with Gasteiger partial charge in [-0.15, -0.1) is 0 Å². The van der Waals surface area contributed by atoms with E-state index in [0.717, 1.165) is 5.56 Å². The van der Waals surface area contributed by atoms with Crippen molar-refractivity contribution in [1.29, 1.82) is 0 Å². The number of hydrogen-bond acceptors (Lipinski definition) is 4. The molecule has 0 saturated heterocycles. The summed E-state index contributed by atoms with van der Waals surface area (Å²) in [7, 11) is -2.05. The lowest BCUT2D eigenvalue weighted by Gasteiger charge is -2.24. The first-order chi connectivity index (χ1) is 13.3. The Labute approximate surface area is 172 Å². The molecule has 156 valence electrons. The van der Waals surface area contributed by atoms with Crippen LogP contribution in [0.25, 0.3) is 0 Å². The van der Waals surface area contributed by atoms with Crippen molar-refractivity contribution in [2.24, 2.45) is 5.41 Å². The second kappa shape index (κ2) is 7.06. The zero-order valence-electron chi connectivity index (χ0n) is 17.7. The summed E-state index contributed by atoms with van der Waals surface area (Å²) >= 11 is 0. The molecule has 6 nitrogen and oxygen atoms in total. The van der Waals surface area contributed by atoms with Crippen LogP contribution >= 0.6 is 0 Å². The largest absolute Gasteiger partial charge is 0.490 e. The molecule has 1 heterocycles. The third kappa shape index (κ3) is 4.24. The van der Waals surface area contributed by atoms with Gasteiger partial charge in [0, 0.05) is 13.1 Å². The first kappa shape index (κ1) is 21.2. The molecule has 1 aliphatic rings. The molecule has 0 radical (unpaired) electrons. The van der Waals surface area contributed by atoms with Crippen molar-refractivity contribution in [2.75, 3.05) is 23.3 Å². The SMILES string of the molecule is CN1C(=O)C(C)(C)COc2cc(NS(=O)(=O)c3ccc(C(C)(C)C)cc3)ccc21. The fourth-order valence-electron chi connectivity index (χ4n) is 3.20. The summed E-state index contributed by atoms with van der Waals surface area (Å²) in [6.07, 6.45) is 0. The number of sulfonamides is 1. The molecule has 0 aromatic heterocycles. The van der Waals surface area contributed by atoms with E-state index >= 15 is 0 Å². The highest BCUT2D eigenvalue weighted by atomic mass is 32.2. The Morgan fingerprint density at radius 3 is 2.28 bits per heavy atom. The number of hydrogen-bond donors (Lipinski definition) is 1. The van der Waals surface area contributed by atoms with Crippen molar-refractivity contribution in [2.45, 2.75) is 44.9 Å². The van der Waals surface area contributed by atoms with Crippen LogP contribution in [0.4, 0.5) is 11.4 Å². The molecular formula is C22H28N2O4S. The van der Waals surface area contributed by atoms with Crippen LogP contribution in [0, 0.1) is 5.41 Å². The van der Waals surface area contributed by atoms with Crippen LogP contribution in [0.3, 0.4) is 0 Å². The average Bonchev–Trinajstić information content (AvgIpc) is 2.71. The Morgan fingerprint density at radius 1 is 1.07 bits per heavy atom. The zero-order chi connectivity index (χ0) is 21.6. The molecular weight excluding hydrogens is 388 g/mol. The van der Waals surface area contributed by atoms with Crippen LogP contribution < -0.4 is 14.4 Å². The molecule has 1 aliphatic heterocycles. The number of anilines is 2. The zero-order valence-corrected chi connectivity index (χ0v) is 18.6. The molecule has 0 atom stereocenters. The molecule has 29 heavy (non-hydrogen) atoms. The Balaban J connectivity index is 1.88. The predicted octanol–water partition coefficient (Wildman–Crippen LogP) is 4.17. The van der Waals surface area contributed by atoms with E-state index in [1.165, 1.54) is 0 Å². The van der Waals surface area contributed by atoms with E-state index in [1.54, 1.807) is 42.3 Å². The van der Waals surface area contributed by atoms with E-state index in [-0.39, 0.29) is 22.8 Å². The van der Waals surface area contributed by atoms with Gasteiger partial charge in [0.05, 0.1) is 21.7 Å². The number of carbonyl (C=O) groups is 1. The number of nitrogens with zero attached hydrogens (tertiary/aromatic N) is 1. The molecule has 0 fully saturated rings. The maximum atomic E-state index is 12.8. The normalized spacial score (nSPS) is 16.6. The van der Waals surface area contributed by atoms with Gasteiger partial charge in [-0.2, -0.15) is 0 Å². The summed E-state index contributed by atoms with van der Waals surface area (Å²) in [6.45, 7) is 10.1. The van der Waals surface area contributed by atoms with Gasteiger partial charge >= 0.3 is 0 Å². The highest BCUT2D eigenvalue weighted by Gasteiger charge is 2.36. The third-order valence-corrected chi connectivity index (χ3v) is 6.47. The van der Waals surface area contributed by atoms with Gasteiger partial charge in [-0.25, -0.2) is 8.42 Å². The van der Waals surface area contributed by atoms with E-state index in [4.69, 9.17) is 4.74 Å². The Bertz CT molecular complexity index is 1040. The summed E-state index contributed by atoms with van der Waals surface area (Å²) in [5.41, 5.74) is 1.33. The fraction of sp³-hybridized carbons (Fsp3) is 0.409. The van der Waals surface area contributed by atoms with Gasteiger partial charge in [-0.05, 0) is 49.1 Å². The van der Waals surface area contributed by atoms with Gasteiger partial charge in [0.2, 0.25) is 5.91 Å². The summed E-state index contributed by atoms with van der Waals surface area (Å²) < 4.78 is 34.0. The quantitative estimate of drug-likeness (QED) is 0.815. The number of ether oxygens (including phenoxy) is 1. The molecule has 1 amide bonds. The van der Waals surface area contributed by atoms with E-state index in [1.807, 2.05) is 26.0 Å². The van der Waals surface area contributed by atoms with E-state index in [0.29, 0.717) is 17.1 Å². The molecule has 1 N–H and O–H groups in total. The molecule has 0 unspecified atom stereocenters. The fourth-order valence-corrected chi connectivity index (χ4v) is 4.25. The second-order valence-corrected chi connectivity index (χ2v) is 10.8. The van der Waals surface area contributed by atoms with Gasteiger partial charge in [0.25, 0.3) is 10.0 Å². The summed E-state index contributed by atoms with van der Waals surface area (Å²) in [5.74, 6) is 0.415. The summed E-state index contributed by atoms with van der Waals surface area (Å²) in [4.78, 5) is 14.3. The standard InChI is InChI=1S/C22H28N2O4S/c1-21(2,3)15-7-10-17(11-8-15)29(26,27)23-16-9-12-18-19(13-16)28-14-22(4,5)20(25)24(18)6/h7-13,23H,14H2,1-6H3. The number of fused-ring (bicyclic) bond motifs is 1. The molecule has 2 aromatic carbocycles. The minimum absolute atomic E-state index is 0.0523. The molecule has 0 aliphatic carbocycles. The van der Waals surface area contributed by atoms with Crippen molar-refractivity contribution < 1.29 is 17.9 Å².